The van der Waals surface area contributed by atoms with Crippen LogP contribution in [0.1, 0.15) is 39.5 Å². The van der Waals surface area contributed by atoms with E-state index in [0.29, 0.717) is 6.42 Å². The zero-order valence-electron chi connectivity index (χ0n) is 16.5. The van der Waals surface area contributed by atoms with Crippen LogP contribution in [-0.2, 0) is 9.59 Å². The molecule has 5 nitrogen and oxygen atoms in total. The first-order chi connectivity index (χ1) is 13.4. The summed E-state index contributed by atoms with van der Waals surface area (Å²) in [5.41, 5.74) is -3.70. The van der Waals surface area contributed by atoms with Crippen molar-refractivity contribution >= 4 is 23.2 Å². The number of carbonyl (C=O) groups excluding carboxylic acids is 2. The molecule has 158 valence electrons. The topological polar surface area (TPSA) is 94.8 Å². The highest BCUT2D eigenvalue weighted by Gasteiger charge is 2.74. The summed E-state index contributed by atoms with van der Waals surface area (Å²) < 4.78 is 15.2. The average Bonchev–Trinajstić information content (AvgIpc) is 2.86. The first kappa shape index (κ1) is 20.9. The highest BCUT2D eigenvalue weighted by atomic mass is 35.5. The van der Waals surface area contributed by atoms with Crippen LogP contribution in [0.5, 0.6) is 0 Å². The molecule has 0 aromatic heterocycles. The van der Waals surface area contributed by atoms with E-state index in [4.69, 9.17) is 11.6 Å². The Morgan fingerprint density at radius 2 is 2.07 bits per heavy atom. The van der Waals surface area contributed by atoms with Crippen LogP contribution >= 0.6 is 11.6 Å². The summed E-state index contributed by atoms with van der Waals surface area (Å²) in [5.74, 6) is -2.65. The summed E-state index contributed by atoms with van der Waals surface area (Å²) in [5, 5.41) is 32.1. The van der Waals surface area contributed by atoms with Crippen LogP contribution in [0.2, 0.25) is 0 Å². The Kier molecular flexibility index (Phi) is 4.40. The van der Waals surface area contributed by atoms with Crippen LogP contribution in [-0.4, -0.2) is 50.1 Å². The molecule has 0 amide bonds. The van der Waals surface area contributed by atoms with E-state index in [1.807, 2.05) is 0 Å². The molecule has 0 aromatic carbocycles. The van der Waals surface area contributed by atoms with E-state index in [1.54, 1.807) is 13.8 Å². The van der Waals surface area contributed by atoms with Crippen LogP contribution in [0.25, 0.3) is 0 Å². The summed E-state index contributed by atoms with van der Waals surface area (Å²) in [6, 6.07) is 0. The maximum atomic E-state index is 15.2. The minimum absolute atomic E-state index is 0.00873. The van der Waals surface area contributed by atoms with Gasteiger partial charge < -0.3 is 15.3 Å². The predicted molar refractivity (Wildman–Crippen MR) is 105 cm³/mol. The largest absolute Gasteiger partial charge is 0.391 e. The maximum absolute atomic E-state index is 15.2. The van der Waals surface area contributed by atoms with Gasteiger partial charge in [-0.1, -0.05) is 20.4 Å². The summed E-state index contributed by atoms with van der Waals surface area (Å²) in [4.78, 5) is 23.2. The molecule has 4 aliphatic carbocycles. The first-order valence-corrected chi connectivity index (χ1v) is 10.3. The SMILES string of the molecule is C=C1C[C@H]2[C@@H]3C=C(F)C4=CC(=O)CC[C@]4(C)[C@@]3(Cl)C(O)C[C@]2(C)[C@@]1(O)C(=O)CO. The van der Waals surface area contributed by atoms with Gasteiger partial charge in [0, 0.05) is 23.2 Å². The summed E-state index contributed by atoms with van der Waals surface area (Å²) in [6.45, 7) is 6.47. The first-order valence-electron chi connectivity index (χ1n) is 9.92. The Morgan fingerprint density at radius 1 is 1.41 bits per heavy atom. The molecule has 4 aliphatic rings. The molecule has 0 bridgehead atoms. The fourth-order valence-corrected chi connectivity index (χ4v) is 7.17. The highest BCUT2D eigenvalue weighted by molar-refractivity contribution is 6.26. The van der Waals surface area contributed by atoms with Crippen molar-refractivity contribution in [2.45, 2.75) is 56.1 Å². The van der Waals surface area contributed by atoms with Crippen molar-refractivity contribution in [2.75, 3.05) is 6.61 Å². The molecule has 1 unspecified atom stereocenters. The molecule has 7 atom stereocenters. The highest BCUT2D eigenvalue weighted by Crippen LogP contribution is 2.71. The van der Waals surface area contributed by atoms with Gasteiger partial charge in [0.2, 0.25) is 0 Å². The summed E-state index contributed by atoms with van der Waals surface area (Å²) in [7, 11) is 0. The normalized spacial score (nSPS) is 49.0. The number of hydrogen-bond acceptors (Lipinski definition) is 5. The molecule has 7 heteroatoms. The zero-order valence-corrected chi connectivity index (χ0v) is 17.3. The second-order valence-electron chi connectivity index (χ2n) is 9.51. The molecule has 2 fully saturated rings. The number of hydrogen-bond donors (Lipinski definition) is 3. The van der Waals surface area contributed by atoms with Crippen molar-refractivity contribution in [2.24, 2.45) is 22.7 Å². The number of aliphatic hydroxyl groups is 3. The molecule has 0 spiro atoms. The van der Waals surface area contributed by atoms with Crippen molar-refractivity contribution < 1.29 is 29.3 Å². The second kappa shape index (κ2) is 6.10. The van der Waals surface area contributed by atoms with E-state index >= 15 is 4.39 Å². The molecular formula is C22H26ClFO5. The van der Waals surface area contributed by atoms with Gasteiger partial charge in [-0.2, -0.15) is 0 Å². The third kappa shape index (κ3) is 2.21. The monoisotopic (exact) mass is 424 g/mol. The number of Topliss-reactive ketones (excluding diaryl/α,β-unsaturated/α-hetero) is 1. The lowest BCUT2D eigenvalue weighted by molar-refractivity contribution is -0.165. The molecule has 0 aromatic rings. The van der Waals surface area contributed by atoms with E-state index in [-0.39, 0.29) is 36.2 Å². The molecule has 0 heterocycles. The number of fused-ring (bicyclic) bond motifs is 5. The number of allylic oxidation sites excluding steroid dienone is 4. The van der Waals surface area contributed by atoms with Gasteiger partial charge in [-0.3, -0.25) is 9.59 Å². The Labute approximate surface area is 173 Å². The fraction of sp³-hybridized carbons (Fsp3) is 0.636. The number of alkyl halides is 1. The van der Waals surface area contributed by atoms with Gasteiger partial charge in [0.1, 0.15) is 12.4 Å². The van der Waals surface area contributed by atoms with Crippen LogP contribution in [0.3, 0.4) is 0 Å². The van der Waals surface area contributed by atoms with Crippen molar-refractivity contribution in [1.82, 2.24) is 0 Å². The van der Waals surface area contributed by atoms with E-state index in [1.165, 1.54) is 12.2 Å². The molecule has 0 aliphatic heterocycles. The summed E-state index contributed by atoms with van der Waals surface area (Å²) in [6.07, 6.45) is 2.18. The molecule has 3 N–H and O–H groups in total. The van der Waals surface area contributed by atoms with E-state index < -0.39 is 57.5 Å². The van der Waals surface area contributed by atoms with Crippen LogP contribution in [0.15, 0.2) is 35.7 Å². The van der Waals surface area contributed by atoms with E-state index in [9.17, 15) is 24.9 Å². The maximum Gasteiger partial charge on any atom is 0.194 e. The minimum Gasteiger partial charge on any atom is -0.391 e. The number of ketones is 2. The lowest BCUT2D eigenvalue weighted by Crippen LogP contribution is -2.68. The summed E-state index contributed by atoms with van der Waals surface area (Å²) >= 11 is 7.18. The van der Waals surface area contributed by atoms with Gasteiger partial charge in [-0.25, -0.2) is 4.39 Å². The van der Waals surface area contributed by atoms with E-state index in [2.05, 4.69) is 6.58 Å². The zero-order chi connectivity index (χ0) is 21.6. The standard InChI is InChI=1S/C22H26ClFO5/c1-11-6-13-14-8-16(24)15-7-12(26)4-5-19(15,2)21(14,23)17(27)9-20(13,3)22(11,29)18(28)10-25/h7-8,13-14,17,25,27,29H,1,4-6,9-10H2,2-3H3/t13-,14-,17?,19-,20-,21-,22-/m0/s1. The van der Waals surface area contributed by atoms with Crippen LogP contribution in [0.4, 0.5) is 4.39 Å². The third-order valence-corrected chi connectivity index (χ3v) is 9.31. The third-order valence-electron chi connectivity index (χ3n) is 8.39. The number of halogens is 2. The van der Waals surface area contributed by atoms with Gasteiger partial charge in [0.25, 0.3) is 0 Å². The quantitative estimate of drug-likeness (QED) is 0.467. The van der Waals surface area contributed by atoms with Crippen molar-refractivity contribution in [1.29, 1.82) is 0 Å². The van der Waals surface area contributed by atoms with Crippen molar-refractivity contribution in [3.05, 3.63) is 35.7 Å². The number of carbonyl (C=O) groups is 2. The van der Waals surface area contributed by atoms with Gasteiger partial charge in [0.05, 0.1) is 11.0 Å². The average molecular weight is 425 g/mol. The molecule has 4 rings (SSSR count). The van der Waals surface area contributed by atoms with Gasteiger partial charge in [0.15, 0.2) is 17.2 Å². The Morgan fingerprint density at radius 3 is 2.69 bits per heavy atom. The molecule has 29 heavy (non-hydrogen) atoms. The van der Waals surface area contributed by atoms with Gasteiger partial charge >= 0.3 is 0 Å². The van der Waals surface area contributed by atoms with Crippen molar-refractivity contribution in [3.8, 4) is 0 Å². The van der Waals surface area contributed by atoms with E-state index in [0.717, 1.165) is 0 Å². The lowest BCUT2D eigenvalue weighted by atomic mass is 9.46. The lowest BCUT2D eigenvalue weighted by Gasteiger charge is -2.63. The number of aliphatic hydroxyl groups excluding tert-OH is 2. The Bertz CT molecular complexity index is 896. The van der Waals surface area contributed by atoms with Crippen LogP contribution < -0.4 is 0 Å². The smallest absolute Gasteiger partial charge is 0.194 e. The van der Waals surface area contributed by atoms with Crippen molar-refractivity contribution in [3.63, 3.8) is 0 Å². The molecule has 2 saturated carbocycles. The van der Waals surface area contributed by atoms with Gasteiger partial charge in [-0.05, 0) is 48.5 Å². The Hall–Kier alpha value is -1.34. The molecule has 0 saturated heterocycles. The fourth-order valence-electron chi connectivity index (χ4n) is 6.68. The second-order valence-corrected chi connectivity index (χ2v) is 10.1. The minimum atomic E-state index is -2.02. The molecule has 0 radical (unpaired) electrons. The van der Waals surface area contributed by atoms with Gasteiger partial charge in [-0.15, -0.1) is 11.6 Å². The van der Waals surface area contributed by atoms with Crippen LogP contribution in [0, 0.1) is 22.7 Å². The predicted octanol–water partition coefficient (Wildman–Crippen LogP) is 2.38. The number of rotatable bonds is 2. The molecular weight excluding hydrogens is 399 g/mol. The Balaban J connectivity index is 1.93.